The number of nitrogens with one attached hydrogen (secondary N) is 1. The Labute approximate surface area is 110 Å². The molecule has 108 valence electrons. The van der Waals surface area contributed by atoms with Crippen molar-refractivity contribution in [2.45, 2.75) is 19.8 Å². The molecular weight excluding hydrogens is 254 g/mol. The van der Waals surface area contributed by atoms with Crippen LogP contribution in [0.25, 0.3) is 0 Å². The molecule has 0 saturated carbocycles. The third-order valence-corrected chi connectivity index (χ3v) is 3.62. The number of amides is 1. The number of hydrogen-bond donors (Lipinski definition) is 1. The second-order valence-corrected chi connectivity index (χ2v) is 6.59. The smallest absolute Gasteiger partial charge is 0.235 e. The van der Waals surface area contributed by atoms with E-state index in [1.807, 2.05) is 25.9 Å². The number of rotatable bonds is 9. The Balaban J connectivity index is 4.29. The van der Waals surface area contributed by atoms with Gasteiger partial charge in [0.15, 0.2) is 0 Å². The predicted octanol–water partition coefficient (Wildman–Crippen LogP) is -0.274. The normalized spacial score (nSPS) is 12.1. The molecule has 0 aliphatic heterocycles. The maximum absolute atomic E-state index is 11.5. The van der Waals surface area contributed by atoms with Crippen LogP contribution in [0.5, 0.6) is 0 Å². The van der Waals surface area contributed by atoms with E-state index in [9.17, 15) is 13.2 Å². The Morgan fingerprint density at radius 1 is 1.22 bits per heavy atom. The van der Waals surface area contributed by atoms with Crippen molar-refractivity contribution in [1.29, 1.82) is 0 Å². The fourth-order valence-electron chi connectivity index (χ4n) is 1.41. The summed E-state index contributed by atoms with van der Waals surface area (Å²) in [4.78, 5) is 13.5. The van der Waals surface area contributed by atoms with Gasteiger partial charge in [-0.15, -0.1) is 0 Å². The minimum atomic E-state index is -3.33. The molecule has 0 aliphatic carbocycles. The minimum absolute atomic E-state index is 0.0910. The molecule has 0 aromatic carbocycles. The second kappa shape index (κ2) is 8.44. The standard InChI is InChI=1S/C11H25N3O3S/c1-5-7-12-11(15)10-14(18(4,16)17)9-6-8-13(2)3/h5-10H2,1-4H3,(H,12,15). The Morgan fingerprint density at radius 2 is 1.83 bits per heavy atom. The van der Waals surface area contributed by atoms with Gasteiger partial charge < -0.3 is 10.2 Å². The van der Waals surface area contributed by atoms with Crippen molar-refractivity contribution in [2.75, 3.05) is 46.5 Å². The van der Waals surface area contributed by atoms with Gasteiger partial charge in [0.2, 0.25) is 15.9 Å². The summed E-state index contributed by atoms with van der Waals surface area (Å²) in [6.45, 7) is 3.60. The van der Waals surface area contributed by atoms with E-state index < -0.39 is 10.0 Å². The van der Waals surface area contributed by atoms with Gasteiger partial charge in [0.05, 0.1) is 12.8 Å². The lowest BCUT2D eigenvalue weighted by molar-refractivity contribution is -0.121. The van der Waals surface area contributed by atoms with E-state index >= 15 is 0 Å². The highest BCUT2D eigenvalue weighted by Crippen LogP contribution is 2.00. The summed E-state index contributed by atoms with van der Waals surface area (Å²) in [6.07, 6.45) is 2.68. The summed E-state index contributed by atoms with van der Waals surface area (Å²) in [5.74, 6) is -0.243. The molecule has 0 saturated heterocycles. The molecule has 1 amide bonds. The summed E-state index contributed by atoms with van der Waals surface area (Å²) < 4.78 is 24.3. The van der Waals surface area contributed by atoms with Crippen LogP contribution in [0.2, 0.25) is 0 Å². The molecule has 1 N–H and O–H groups in total. The lowest BCUT2D eigenvalue weighted by Crippen LogP contribution is -2.41. The Hall–Kier alpha value is -0.660. The SMILES string of the molecule is CCCNC(=O)CN(CCCN(C)C)S(C)(=O)=O. The summed E-state index contributed by atoms with van der Waals surface area (Å²) in [7, 11) is 0.530. The maximum Gasteiger partial charge on any atom is 0.235 e. The molecule has 18 heavy (non-hydrogen) atoms. The number of carbonyl (C=O) groups is 1. The van der Waals surface area contributed by atoms with Crippen LogP contribution in [-0.4, -0.2) is 70.1 Å². The van der Waals surface area contributed by atoms with Gasteiger partial charge in [-0.05, 0) is 33.5 Å². The van der Waals surface area contributed by atoms with E-state index in [2.05, 4.69) is 5.32 Å². The van der Waals surface area contributed by atoms with E-state index in [1.54, 1.807) is 0 Å². The topological polar surface area (TPSA) is 69.7 Å². The van der Waals surface area contributed by atoms with Crippen LogP contribution in [0, 0.1) is 0 Å². The number of nitrogens with zero attached hydrogens (tertiary/aromatic N) is 2. The third kappa shape index (κ3) is 8.43. The minimum Gasteiger partial charge on any atom is -0.355 e. The molecule has 0 atom stereocenters. The van der Waals surface area contributed by atoms with Crippen molar-refractivity contribution in [2.24, 2.45) is 0 Å². The van der Waals surface area contributed by atoms with E-state index in [4.69, 9.17) is 0 Å². The van der Waals surface area contributed by atoms with Gasteiger partial charge in [-0.1, -0.05) is 6.92 Å². The zero-order chi connectivity index (χ0) is 14.2. The molecular formula is C11H25N3O3S. The Bertz CT molecular complexity index is 341. The van der Waals surface area contributed by atoms with Crippen molar-refractivity contribution in [3.8, 4) is 0 Å². The average Bonchev–Trinajstić information content (AvgIpc) is 2.23. The molecule has 0 heterocycles. The molecule has 0 unspecified atom stereocenters. The van der Waals surface area contributed by atoms with Gasteiger partial charge in [0, 0.05) is 13.1 Å². The fourth-order valence-corrected chi connectivity index (χ4v) is 2.22. The van der Waals surface area contributed by atoms with Crippen molar-refractivity contribution in [1.82, 2.24) is 14.5 Å². The monoisotopic (exact) mass is 279 g/mol. The molecule has 0 aromatic heterocycles. The molecule has 0 radical (unpaired) electrons. The van der Waals surface area contributed by atoms with Crippen molar-refractivity contribution < 1.29 is 13.2 Å². The van der Waals surface area contributed by atoms with Crippen molar-refractivity contribution >= 4 is 15.9 Å². The Kier molecular flexibility index (Phi) is 8.13. The van der Waals surface area contributed by atoms with Gasteiger partial charge >= 0.3 is 0 Å². The average molecular weight is 279 g/mol. The van der Waals surface area contributed by atoms with Gasteiger partial charge in [0.25, 0.3) is 0 Å². The summed E-state index contributed by atoms with van der Waals surface area (Å²) >= 11 is 0. The zero-order valence-corrected chi connectivity index (χ0v) is 12.6. The van der Waals surface area contributed by atoms with Crippen LogP contribution in [0.1, 0.15) is 19.8 Å². The maximum atomic E-state index is 11.5. The fraction of sp³-hybridized carbons (Fsp3) is 0.909. The van der Waals surface area contributed by atoms with Crippen LogP contribution >= 0.6 is 0 Å². The number of sulfonamides is 1. The lowest BCUT2D eigenvalue weighted by Gasteiger charge is -2.20. The predicted molar refractivity (Wildman–Crippen MR) is 72.9 cm³/mol. The number of hydrogen-bond acceptors (Lipinski definition) is 4. The lowest BCUT2D eigenvalue weighted by atomic mass is 10.4. The molecule has 7 heteroatoms. The first-order valence-electron chi connectivity index (χ1n) is 6.14. The van der Waals surface area contributed by atoms with E-state index in [0.717, 1.165) is 19.2 Å². The van der Waals surface area contributed by atoms with Crippen LogP contribution in [0.15, 0.2) is 0 Å². The van der Waals surface area contributed by atoms with Crippen LogP contribution in [-0.2, 0) is 14.8 Å². The van der Waals surface area contributed by atoms with E-state index in [0.29, 0.717) is 19.5 Å². The van der Waals surface area contributed by atoms with Crippen molar-refractivity contribution in [3.63, 3.8) is 0 Å². The summed E-state index contributed by atoms with van der Waals surface area (Å²) in [5.41, 5.74) is 0. The molecule has 0 rings (SSSR count). The summed E-state index contributed by atoms with van der Waals surface area (Å²) in [6, 6.07) is 0. The Morgan fingerprint density at radius 3 is 2.28 bits per heavy atom. The molecule has 0 aromatic rings. The first-order chi connectivity index (χ1) is 8.27. The highest BCUT2D eigenvalue weighted by Gasteiger charge is 2.19. The second-order valence-electron chi connectivity index (χ2n) is 4.60. The zero-order valence-electron chi connectivity index (χ0n) is 11.8. The largest absolute Gasteiger partial charge is 0.355 e. The van der Waals surface area contributed by atoms with E-state index in [-0.39, 0.29) is 12.5 Å². The highest BCUT2D eigenvalue weighted by molar-refractivity contribution is 7.88. The van der Waals surface area contributed by atoms with Crippen LogP contribution < -0.4 is 5.32 Å². The van der Waals surface area contributed by atoms with E-state index in [1.165, 1.54) is 4.31 Å². The summed E-state index contributed by atoms with van der Waals surface area (Å²) in [5, 5.41) is 2.68. The molecule has 0 bridgehead atoms. The van der Waals surface area contributed by atoms with Gasteiger partial charge in [-0.25, -0.2) is 8.42 Å². The quantitative estimate of drug-likeness (QED) is 0.630. The third-order valence-electron chi connectivity index (χ3n) is 2.37. The van der Waals surface area contributed by atoms with Gasteiger partial charge in [-0.3, -0.25) is 4.79 Å². The first kappa shape index (κ1) is 17.3. The van der Waals surface area contributed by atoms with Crippen molar-refractivity contribution in [3.05, 3.63) is 0 Å². The molecule has 0 spiro atoms. The molecule has 6 nitrogen and oxygen atoms in total. The molecule has 0 aliphatic rings. The van der Waals surface area contributed by atoms with Crippen LogP contribution in [0.4, 0.5) is 0 Å². The van der Waals surface area contributed by atoms with Gasteiger partial charge in [-0.2, -0.15) is 4.31 Å². The number of carbonyl (C=O) groups excluding carboxylic acids is 1. The highest BCUT2D eigenvalue weighted by atomic mass is 32.2. The first-order valence-corrected chi connectivity index (χ1v) is 7.98. The van der Waals surface area contributed by atoms with Gasteiger partial charge in [0.1, 0.15) is 0 Å². The molecule has 0 fully saturated rings. The van der Waals surface area contributed by atoms with Crippen LogP contribution in [0.3, 0.4) is 0 Å².